The Labute approximate surface area is 59.9 Å². The highest BCUT2D eigenvalue weighted by Gasteiger charge is 2.04. The molecule has 0 rings (SSSR count). The van der Waals surface area contributed by atoms with Gasteiger partial charge in [-0.05, 0) is 0 Å². The van der Waals surface area contributed by atoms with Crippen molar-refractivity contribution in [3.05, 3.63) is 0 Å². The number of carboxylic acids is 3. The van der Waals surface area contributed by atoms with Gasteiger partial charge in [-0.15, -0.1) is 0 Å². The Morgan fingerprint density at radius 2 is 1.09 bits per heavy atom. The topological polar surface area (TPSA) is 129 Å². The standard InChI is InChI=1S/C2H2O4.C2H2O3/c3-1(4)2(5)6;3-1-2(4)5/h(H,3,4)(H,5,6);1H,(H,4,5). The van der Waals surface area contributed by atoms with Crippen molar-refractivity contribution in [3.63, 3.8) is 0 Å². The van der Waals surface area contributed by atoms with Gasteiger partial charge >= 0.3 is 17.9 Å². The molecule has 62 valence electrons. The first-order valence-electron chi connectivity index (χ1n) is 2.06. The van der Waals surface area contributed by atoms with Crippen molar-refractivity contribution >= 4 is 24.2 Å². The third-order valence-corrected chi connectivity index (χ3v) is 0.284. The van der Waals surface area contributed by atoms with Gasteiger partial charge in [0.2, 0.25) is 6.29 Å². The zero-order valence-electron chi connectivity index (χ0n) is 5.05. The summed E-state index contributed by atoms with van der Waals surface area (Å²) in [5.41, 5.74) is 0. The van der Waals surface area contributed by atoms with Crippen LogP contribution < -0.4 is 0 Å². The number of aldehydes is 1. The summed E-state index contributed by atoms with van der Waals surface area (Å²) < 4.78 is 0. The van der Waals surface area contributed by atoms with E-state index in [0.29, 0.717) is 0 Å². The number of hydrogen-bond acceptors (Lipinski definition) is 4. The quantitative estimate of drug-likeness (QED) is 0.315. The Morgan fingerprint density at radius 3 is 1.09 bits per heavy atom. The van der Waals surface area contributed by atoms with Crippen LogP contribution in [-0.2, 0) is 19.2 Å². The molecule has 0 amide bonds. The molecule has 0 saturated carbocycles. The Hall–Kier alpha value is -1.92. The molecule has 0 bridgehead atoms. The number of hydrogen-bond donors (Lipinski definition) is 3. The fourth-order valence-electron chi connectivity index (χ4n) is 0. The zero-order valence-corrected chi connectivity index (χ0v) is 5.05. The van der Waals surface area contributed by atoms with Crippen LogP contribution in [0, 0.1) is 0 Å². The van der Waals surface area contributed by atoms with Gasteiger partial charge in [-0.2, -0.15) is 0 Å². The fourth-order valence-corrected chi connectivity index (χ4v) is 0. The molecule has 0 radical (unpaired) electrons. The minimum absolute atomic E-state index is 0.167. The van der Waals surface area contributed by atoms with E-state index < -0.39 is 17.9 Å². The molecule has 0 heterocycles. The lowest BCUT2D eigenvalue weighted by Gasteiger charge is -1.72. The van der Waals surface area contributed by atoms with Gasteiger partial charge in [0.1, 0.15) is 0 Å². The molecule has 0 aromatic heterocycles. The summed E-state index contributed by atoms with van der Waals surface area (Å²) in [6, 6.07) is 0. The fraction of sp³-hybridized carbons (Fsp3) is 0. The van der Waals surface area contributed by atoms with Gasteiger partial charge in [0.25, 0.3) is 0 Å². The van der Waals surface area contributed by atoms with Crippen molar-refractivity contribution < 1.29 is 34.5 Å². The minimum Gasteiger partial charge on any atom is -0.476 e. The molecule has 0 aliphatic rings. The van der Waals surface area contributed by atoms with Crippen molar-refractivity contribution in [2.45, 2.75) is 0 Å². The molecule has 0 saturated heterocycles. The van der Waals surface area contributed by atoms with Gasteiger partial charge < -0.3 is 15.3 Å². The van der Waals surface area contributed by atoms with E-state index in [4.69, 9.17) is 34.5 Å². The molecule has 7 nitrogen and oxygen atoms in total. The van der Waals surface area contributed by atoms with Crippen LogP contribution in [0.1, 0.15) is 0 Å². The molecule has 7 heteroatoms. The number of carbonyl (C=O) groups is 4. The van der Waals surface area contributed by atoms with Gasteiger partial charge in [0.05, 0.1) is 0 Å². The summed E-state index contributed by atoms with van der Waals surface area (Å²) in [5.74, 6) is -5.07. The van der Waals surface area contributed by atoms with Gasteiger partial charge in [-0.25, -0.2) is 14.4 Å². The molecule has 0 aliphatic heterocycles. The first kappa shape index (κ1) is 11.8. The van der Waals surface area contributed by atoms with Crippen molar-refractivity contribution in [1.82, 2.24) is 0 Å². The van der Waals surface area contributed by atoms with Gasteiger partial charge in [0.15, 0.2) is 0 Å². The normalized spacial score (nSPS) is 6.91. The Morgan fingerprint density at radius 1 is 0.909 bits per heavy atom. The molecule has 3 N–H and O–H groups in total. The van der Waals surface area contributed by atoms with Gasteiger partial charge in [-0.1, -0.05) is 0 Å². The van der Waals surface area contributed by atoms with E-state index in [0.717, 1.165) is 0 Å². The van der Waals surface area contributed by atoms with Crippen LogP contribution in [0.25, 0.3) is 0 Å². The van der Waals surface area contributed by atoms with E-state index in [1.807, 2.05) is 0 Å². The Balaban J connectivity index is 0. The van der Waals surface area contributed by atoms with Crippen LogP contribution >= 0.6 is 0 Å². The summed E-state index contributed by atoms with van der Waals surface area (Å²) in [5, 5.41) is 22.1. The average molecular weight is 164 g/mol. The second kappa shape index (κ2) is 6.20. The third kappa shape index (κ3) is 17.9. The molecule has 0 spiro atoms. The molecule has 0 atom stereocenters. The van der Waals surface area contributed by atoms with Crippen molar-refractivity contribution in [3.8, 4) is 0 Å². The molecule has 0 aromatic rings. The van der Waals surface area contributed by atoms with Crippen molar-refractivity contribution in [2.24, 2.45) is 0 Å². The summed E-state index contributed by atoms with van der Waals surface area (Å²) in [6.07, 6.45) is -0.167. The second-order valence-corrected chi connectivity index (χ2v) is 1.07. The third-order valence-electron chi connectivity index (χ3n) is 0.284. The average Bonchev–Trinajstić information content (AvgIpc) is 1.89. The van der Waals surface area contributed by atoms with E-state index in [9.17, 15) is 0 Å². The molecule has 11 heavy (non-hydrogen) atoms. The number of carbonyl (C=O) groups excluding carboxylic acids is 1. The van der Waals surface area contributed by atoms with Gasteiger partial charge in [-0.3, -0.25) is 4.79 Å². The van der Waals surface area contributed by atoms with Crippen LogP contribution in [0.2, 0.25) is 0 Å². The van der Waals surface area contributed by atoms with Crippen LogP contribution in [0.5, 0.6) is 0 Å². The Kier molecular flexibility index (Phi) is 6.67. The maximum atomic E-state index is 9.10. The lowest BCUT2D eigenvalue weighted by molar-refractivity contribution is -0.159. The predicted octanol–water partition coefficient (Wildman–Crippen LogP) is -1.57. The summed E-state index contributed by atoms with van der Waals surface area (Å²) >= 11 is 0. The monoisotopic (exact) mass is 164 g/mol. The summed E-state index contributed by atoms with van der Waals surface area (Å²) in [4.78, 5) is 36.1. The zero-order chi connectivity index (χ0) is 9.44. The van der Waals surface area contributed by atoms with Crippen molar-refractivity contribution in [2.75, 3.05) is 0 Å². The Bertz CT molecular complexity index is 169. The lowest BCUT2D eigenvalue weighted by Crippen LogP contribution is -2.09. The van der Waals surface area contributed by atoms with Crippen molar-refractivity contribution in [1.29, 1.82) is 0 Å². The smallest absolute Gasteiger partial charge is 0.414 e. The highest BCUT2D eigenvalue weighted by Crippen LogP contribution is 1.56. The van der Waals surface area contributed by atoms with Crippen LogP contribution in [0.15, 0.2) is 0 Å². The van der Waals surface area contributed by atoms with Gasteiger partial charge in [0, 0.05) is 0 Å². The first-order valence-corrected chi connectivity index (χ1v) is 2.06. The molecular weight excluding hydrogens is 160 g/mol. The molecular formula is C4H4O7. The molecule has 0 aliphatic carbocycles. The molecule has 0 fully saturated rings. The lowest BCUT2D eigenvalue weighted by atomic mass is 10.7. The summed E-state index contributed by atoms with van der Waals surface area (Å²) in [6.45, 7) is 0. The predicted molar refractivity (Wildman–Crippen MR) is 29.0 cm³/mol. The second-order valence-electron chi connectivity index (χ2n) is 1.07. The largest absolute Gasteiger partial charge is 0.476 e. The number of carboxylic acid groups (broad SMARTS) is 3. The van der Waals surface area contributed by atoms with Crippen LogP contribution in [-0.4, -0.2) is 39.5 Å². The number of aliphatic carboxylic acids is 3. The van der Waals surface area contributed by atoms with E-state index in [1.54, 1.807) is 0 Å². The molecule has 0 aromatic carbocycles. The maximum absolute atomic E-state index is 9.10. The minimum atomic E-state index is -1.82. The van der Waals surface area contributed by atoms with E-state index in [2.05, 4.69) is 0 Å². The molecule has 0 unspecified atom stereocenters. The van der Waals surface area contributed by atoms with E-state index in [-0.39, 0.29) is 6.29 Å². The highest BCUT2D eigenvalue weighted by atomic mass is 16.4. The highest BCUT2D eigenvalue weighted by molar-refractivity contribution is 6.27. The maximum Gasteiger partial charge on any atom is 0.414 e. The van der Waals surface area contributed by atoms with Crippen LogP contribution in [0.3, 0.4) is 0 Å². The van der Waals surface area contributed by atoms with E-state index >= 15 is 0 Å². The first-order chi connectivity index (χ1) is 4.91. The SMILES string of the molecule is O=C(O)C(=O)O.O=CC(=O)O. The summed E-state index contributed by atoms with van der Waals surface area (Å²) in [7, 11) is 0. The van der Waals surface area contributed by atoms with E-state index in [1.165, 1.54) is 0 Å². The number of rotatable bonds is 1. The van der Waals surface area contributed by atoms with Crippen LogP contribution in [0.4, 0.5) is 0 Å².